The molecule has 1 unspecified atom stereocenters. The second-order valence-corrected chi connectivity index (χ2v) is 6.90. The molecule has 3 N–H and O–H groups in total. The van der Waals surface area contributed by atoms with Crippen LogP contribution in [0.15, 0.2) is 18.2 Å². The highest BCUT2D eigenvalue weighted by Gasteiger charge is 2.14. The van der Waals surface area contributed by atoms with Gasteiger partial charge in [-0.05, 0) is 45.4 Å². The quantitative estimate of drug-likeness (QED) is 0.679. The average molecular weight is 343 g/mol. The number of β-amino-alcohol motifs (C(OH)–C–C–N with tert-alkyl or cyclic N) is 1. The number of carbonyl (C=O) groups excluding carboxylic acids is 1. The van der Waals surface area contributed by atoms with Gasteiger partial charge in [0.15, 0.2) is 0 Å². The fourth-order valence-electron chi connectivity index (χ4n) is 1.77. The molecule has 6 heteroatoms. The van der Waals surface area contributed by atoms with Gasteiger partial charge in [-0.15, -0.1) is 0 Å². The molecule has 0 spiro atoms. The predicted octanol–water partition coefficient (Wildman–Crippen LogP) is 2.61. The summed E-state index contributed by atoms with van der Waals surface area (Å²) >= 11 is 6.14. The fourth-order valence-corrected chi connectivity index (χ4v) is 2.00. The molecule has 130 valence electrons. The minimum Gasteiger partial charge on any atom is -0.489 e. The summed E-state index contributed by atoms with van der Waals surface area (Å²) in [5.41, 5.74) is 0.428. The summed E-state index contributed by atoms with van der Waals surface area (Å²) in [4.78, 5) is 11.9. The molecule has 0 heterocycles. The highest BCUT2D eigenvalue weighted by molar-refractivity contribution is 6.32. The average Bonchev–Trinajstić information content (AvgIpc) is 2.48. The van der Waals surface area contributed by atoms with Crippen LogP contribution in [-0.4, -0.2) is 42.4 Å². The molecular formula is C17H27ClN2O3. The van der Waals surface area contributed by atoms with E-state index in [-0.39, 0.29) is 18.1 Å². The summed E-state index contributed by atoms with van der Waals surface area (Å²) in [5, 5.41) is 16.3. The lowest BCUT2D eigenvalue weighted by molar-refractivity contribution is 0.0951. The maximum atomic E-state index is 11.9. The largest absolute Gasteiger partial charge is 0.489 e. The van der Waals surface area contributed by atoms with E-state index in [9.17, 15) is 9.90 Å². The molecule has 1 atom stereocenters. The second kappa shape index (κ2) is 9.11. The number of ether oxygens (including phenoxy) is 1. The molecule has 0 aliphatic heterocycles. The van der Waals surface area contributed by atoms with Gasteiger partial charge in [-0.1, -0.05) is 18.5 Å². The topological polar surface area (TPSA) is 70.6 Å². The van der Waals surface area contributed by atoms with Crippen LogP contribution in [0.4, 0.5) is 0 Å². The van der Waals surface area contributed by atoms with Gasteiger partial charge in [0.1, 0.15) is 18.5 Å². The molecule has 0 saturated carbocycles. The van der Waals surface area contributed by atoms with E-state index in [4.69, 9.17) is 16.3 Å². The van der Waals surface area contributed by atoms with Crippen LogP contribution in [0.2, 0.25) is 5.02 Å². The predicted molar refractivity (Wildman–Crippen MR) is 93.3 cm³/mol. The Morgan fingerprint density at radius 2 is 2.09 bits per heavy atom. The first-order valence-electron chi connectivity index (χ1n) is 7.86. The Bertz CT molecular complexity index is 515. The van der Waals surface area contributed by atoms with Crippen molar-refractivity contribution in [2.45, 2.75) is 45.8 Å². The van der Waals surface area contributed by atoms with E-state index < -0.39 is 6.10 Å². The van der Waals surface area contributed by atoms with Crippen LogP contribution >= 0.6 is 11.6 Å². The number of rotatable bonds is 8. The van der Waals surface area contributed by atoms with Crippen molar-refractivity contribution in [1.29, 1.82) is 0 Å². The van der Waals surface area contributed by atoms with Crippen molar-refractivity contribution in [2.75, 3.05) is 19.7 Å². The Hall–Kier alpha value is -1.30. The number of hydrogen-bond donors (Lipinski definition) is 3. The maximum Gasteiger partial charge on any atom is 0.251 e. The van der Waals surface area contributed by atoms with E-state index in [1.54, 1.807) is 18.2 Å². The van der Waals surface area contributed by atoms with Gasteiger partial charge in [0, 0.05) is 24.2 Å². The Labute approximate surface area is 143 Å². The SMILES string of the molecule is CCCNC(=O)c1ccc(OCC(O)CNC(C)(C)C)c(Cl)c1. The first-order valence-corrected chi connectivity index (χ1v) is 8.24. The molecule has 1 amide bonds. The molecule has 5 nitrogen and oxygen atoms in total. The van der Waals surface area contributed by atoms with Gasteiger partial charge in [0.2, 0.25) is 0 Å². The van der Waals surface area contributed by atoms with Gasteiger partial charge in [0.25, 0.3) is 5.91 Å². The van der Waals surface area contributed by atoms with E-state index >= 15 is 0 Å². The number of aliphatic hydroxyl groups is 1. The summed E-state index contributed by atoms with van der Waals surface area (Å²) in [6.45, 7) is 9.26. The van der Waals surface area contributed by atoms with E-state index in [0.717, 1.165) is 6.42 Å². The Kier molecular flexibility index (Phi) is 7.82. The Morgan fingerprint density at radius 3 is 2.65 bits per heavy atom. The minimum atomic E-state index is -0.641. The first-order chi connectivity index (χ1) is 10.7. The van der Waals surface area contributed by atoms with Crippen LogP contribution in [0.3, 0.4) is 0 Å². The maximum absolute atomic E-state index is 11.9. The molecule has 0 fully saturated rings. The van der Waals surface area contributed by atoms with Crippen molar-refractivity contribution in [1.82, 2.24) is 10.6 Å². The lowest BCUT2D eigenvalue weighted by Crippen LogP contribution is -2.42. The summed E-state index contributed by atoms with van der Waals surface area (Å²) in [6, 6.07) is 4.88. The molecule has 0 saturated heterocycles. The Morgan fingerprint density at radius 1 is 1.39 bits per heavy atom. The summed E-state index contributed by atoms with van der Waals surface area (Å²) in [5.74, 6) is 0.295. The zero-order chi connectivity index (χ0) is 17.5. The third kappa shape index (κ3) is 7.68. The third-order valence-corrected chi connectivity index (χ3v) is 3.32. The van der Waals surface area contributed by atoms with Crippen molar-refractivity contribution in [3.8, 4) is 5.75 Å². The molecule has 23 heavy (non-hydrogen) atoms. The smallest absolute Gasteiger partial charge is 0.251 e. The lowest BCUT2D eigenvalue weighted by Gasteiger charge is -2.23. The molecule has 0 radical (unpaired) electrons. The molecule has 0 aromatic heterocycles. The number of halogens is 1. The van der Waals surface area contributed by atoms with E-state index in [1.165, 1.54) is 0 Å². The molecule has 0 aliphatic carbocycles. The first kappa shape index (κ1) is 19.7. The van der Waals surface area contributed by atoms with Crippen molar-refractivity contribution >= 4 is 17.5 Å². The van der Waals surface area contributed by atoms with E-state index in [0.29, 0.717) is 29.4 Å². The normalized spacial score (nSPS) is 12.8. The standard InChI is InChI=1S/C17H27ClN2O3/c1-5-8-19-16(22)12-6-7-15(14(18)9-12)23-11-13(21)10-20-17(2,3)4/h6-7,9,13,20-21H,5,8,10-11H2,1-4H3,(H,19,22). The number of aliphatic hydroxyl groups excluding tert-OH is 1. The van der Waals surface area contributed by atoms with Crippen molar-refractivity contribution in [3.05, 3.63) is 28.8 Å². The van der Waals surface area contributed by atoms with Gasteiger partial charge >= 0.3 is 0 Å². The fraction of sp³-hybridized carbons (Fsp3) is 0.588. The van der Waals surface area contributed by atoms with Crippen LogP contribution in [0.25, 0.3) is 0 Å². The van der Waals surface area contributed by atoms with Crippen molar-refractivity contribution in [2.24, 2.45) is 0 Å². The van der Waals surface area contributed by atoms with Gasteiger partial charge in [-0.2, -0.15) is 0 Å². The third-order valence-electron chi connectivity index (χ3n) is 3.03. The highest BCUT2D eigenvalue weighted by atomic mass is 35.5. The summed E-state index contributed by atoms with van der Waals surface area (Å²) < 4.78 is 5.53. The number of nitrogens with one attached hydrogen (secondary N) is 2. The van der Waals surface area contributed by atoms with Crippen LogP contribution in [-0.2, 0) is 0 Å². The monoisotopic (exact) mass is 342 g/mol. The van der Waals surface area contributed by atoms with E-state index in [2.05, 4.69) is 10.6 Å². The number of carbonyl (C=O) groups is 1. The molecule has 1 rings (SSSR count). The summed E-state index contributed by atoms with van der Waals surface area (Å²) in [6.07, 6.45) is 0.235. The summed E-state index contributed by atoms with van der Waals surface area (Å²) in [7, 11) is 0. The van der Waals surface area contributed by atoms with Gasteiger partial charge in [-0.25, -0.2) is 0 Å². The van der Waals surface area contributed by atoms with Crippen LogP contribution in [0.5, 0.6) is 5.75 Å². The second-order valence-electron chi connectivity index (χ2n) is 6.50. The lowest BCUT2D eigenvalue weighted by atomic mass is 10.1. The highest BCUT2D eigenvalue weighted by Crippen LogP contribution is 2.25. The van der Waals surface area contributed by atoms with Gasteiger partial charge < -0.3 is 20.5 Å². The van der Waals surface area contributed by atoms with Gasteiger partial charge in [0.05, 0.1) is 5.02 Å². The molecule has 1 aromatic rings. The van der Waals surface area contributed by atoms with Crippen molar-refractivity contribution in [3.63, 3.8) is 0 Å². The zero-order valence-corrected chi connectivity index (χ0v) is 15.0. The molecule has 1 aromatic carbocycles. The number of benzene rings is 1. The molecular weight excluding hydrogens is 316 g/mol. The Balaban J connectivity index is 2.53. The van der Waals surface area contributed by atoms with Crippen LogP contribution in [0.1, 0.15) is 44.5 Å². The molecule has 0 bridgehead atoms. The van der Waals surface area contributed by atoms with Crippen LogP contribution < -0.4 is 15.4 Å². The zero-order valence-electron chi connectivity index (χ0n) is 14.3. The number of amides is 1. The molecule has 0 aliphatic rings. The van der Waals surface area contributed by atoms with E-state index in [1.807, 2.05) is 27.7 Å². The van der Waals surface area contributed by atoms with Crippen LogP contribution in [0, 0.1) is 0 Å². The minimum absolute atomic E-state index is 0.0634. The van der Waals surface area contributed by atoms with Gasteiger partial charge in [-0.3, -0.25) is 4.79 Å². The van der Waals surface area contributed by atoms with Crippen molar-refractivity contribution < 1.29 is 14.6 Å². The number of hydrogen-bond acceptors (Lipinski definition) is 4.